The maximum absolute atomic E-state index is 12.1. The quantitative estimate of drug-likeness (QED) is 0.924. The van der Waals surface area contributed by atoms with Crippen LogP contribution in [0.5, 0.6) is 0 Å². The van der Waals surface area contributed by atoms with Gasteiger partial charge in [-0.2, -0.15) is 0 Å². The molecule has 0 unspecified atom stereocenters. The SMILES string of the molecule is CCc1cc(CNC(=O)N2CC(N3CCCC[C@@H]3C)C2)on1. The lowest BCUT2D eigenvalue weighted by molar-refractivity contribution is 0.0168. The topological polar surface area (TPSA) is 61.6 Å². The summed E-state index contributed by atoms with van der Waals surface area (Å²) in [5.74, 6) is 0.715. The van der Waals surface area contributed by atoms with E-state index in [1.165, 1.54) is 25.8 Å². The Labute approximate surface area is 131 Å². The Hall–Kier alpha value is -1.56. The van der Waals surface area contributed by atoms with Gasteiger partial charge in [0, 0.05) is 31.2 Å². The van der Waals surface area contributed by atoms with Crippen molar-refractivity contribution >= 4 is 6.03 Å². The second-order valence-corrected chi connectivity index (χ2v) is 6.44. The van der Waals surface area contributed by atoms with Crippen LogP contribution in [0.2, 0.25) is 0 Å². The molecule has 0 spiro atoms. The minimum atomic E-state index is -0.00430. The van der Waals surface area contributed by atoms with E-state index in [9.17, 15) is 4.79 Å². The van der Waals surface area contributed by atoms with Crippen LogP contribution in [-0.4, -0.2) is 52.7 Å². The number of hydrogen-bond donors (Lipinski definition) is 1. The molecule has 3 rings (SSSR count). The molecule has 2 amide bonds. The van der Waals surface area contributed by atoms with Crippen LogP contribution >= 0.6 is 0 Å². The Kier molecular flexibility index (Phi) is 4.66. The van der Waals surface area contributed by atoms with E-state index in [2.05, 4.69) is 22.3 Å². The minimum Gasteiger partial charge on any atom is -0.359 e. The van der Waals surface area contributed by atoms with Crippen LogP contribution in [0.15, 0.2) is 10.6 Å². The molecule has 3 heterocycles. The van der Waals surface area contributed by atoms with Gasteiger partial charge >= 0.3 is 6.03 Å². The van der Waals surface area contributed by atoms with E-state index in [0.717, 1.165) is 25.2 Å². The molecule has 2 aliphatic rings. The Morgan fingerprint density at radius 1 is 1.45 bits per heavy atom. The first-order valence-corrected chi connectivity index (χ1v) is 8.40. The van der Waals surface area contributed by atoms with Crippen molar-refractivity contribution in [1.29, 1.82) is 0 Å². The van der Waals surface area contributed by atoms with Crippen LogP contribution in [0.4, 0.5) is 4.79 Å². The fourth-order valence-corrected chi connectivity index (χ4v) is 3.37. The van der Waals surface area contributed by atoms with E-state index in [0.29, 0.717) is 24.4 Å². The van der Waals surface area contributed by atoms with Crippen molar-refractivity contribution in [1.82, 2.24) is 20.3 Å². The van der Waals surface area contributed by atoms with E-state index < -0.39 is 0 Å². The van der Waals surface area contributed by atoms with Gasteiger partial charge in [0.15, 0.2) is 5.76 Å². The number of urea groups is 1. The van der Waals surface area contributed by atoms with Crippen LogP contribution in [0.3, 0.4) is 0 Å². The molecular weight excluding hydrogens is 280 g/mol. The fourth-order valence-electron chi connectivity index (χ4n) is 3.37. The monoisotopic (exact) mass is 306 g/mol. The number of aryl methyl sites for hydroxylation is 1. The molecule has 22 heavy (non-hydrogen) atoms. The second kappa shape index (κ2) is 6.69. The molecule has 2 fully saturated rings. The van der Waals surface area contributed by atoms with Crippen LogP contribution in [-0.2, 0) is 13.0 Å². The third-order valence-corrected chi connectivity index (χ3v) is 4.86. The first kappa shape index (κ1) is 15.3. The van der Waals surface area contributed by atoms with E-state index >= 15 is 0 Å². The predicted molar refractivity (Wildman–Crippen MR) is 83.5 cm³/mol. The minimum absolute atomic E-state index is 0.00430. The number of nitrogens with one attached hydrogen (secondary N) is 1. The molecule has 2 aliphatic heterocycles. The zero-order chi connectivity index (χ0) is 15.5. The summed E-state index contributed by atoms with van der Waals surface area (Å²) in [4.78, 5) is 16.6. The lowest BCUT2D eigenvalue weighted by Crippen LogP contribution is -2.64. The molecule has 2 saturated heterocycles. The van der Waals surface area contributed by atoms with Gasteiger partial charge in [0.05, 0.1) is 12.2 Å². The number of aromatic nitrogens is 1. The van der Waals surface area contributed by atoms with Gasteiger partial charge in [-0.3, -0.25) is 4.90 Å². The highest BCUT2D eigenvalue weighted by Gasteiger charge is 2.37. The highest BCUT2D eigenvalue weighted by molar-refractivity contribution is 5.75. The van der Waals surface area contributed by atoms with Crippen LogP contribution < -0.4 is 5.32 Å². The molecule has 1 N–H and O–H groups in total. The molecule has 1 aromatic rings. The summed E-state index contributed by atoms with van der Waals surface area (Å²) in [6.45, 7) is 7.60. The molecule has 0 saturated carbocycles. The Bertz CT molecular complexity index is 510. The lowest BCUT2D eigenvalue weighted by Gasteiger charge is -2.49. The Morgan fingerprint density at radius 3 is 2.95 bits per heavy atom. The number of likely N-dealkylation sites (tertiary alicyclic amines) is 2. The smallest absolute Gasteiger partial charge is 0.317 e. The summed E-state index contributed by atoms with van der Waals surface area (Å²) in [6.07, 6.45) is 4.76. The molecular formula is C16H26N4O2. The number of hydrogen-bond acceptors (Lipinski definition) is 4. The zero-order valence-corrected chi connectivity index (χ0v) is 13.5. The van der Waals surface area contributed by atoms with Crippen molar-refractivity contribution in [3.05, 3.63) is 17.5 Å². The standard InChI is InChI=1S/C16H26N4O2/c1-3-13-8-15(22-18-13)9-17-16(21)19-10-14(11-19)20-7-5-4-6-12(20)2/h8,12,14H,3-7,9-11H2,1-2H3,(H,17,21)/t12-/m0/s1. The number of rotatable bonds is 4. The number of amides is 2. The molecule has 6 heteroatoms. The van der Waals surface area contributed by atoms with Gasteiger partial charge in [-0.15, -0.1) is 0 Å². The van der Waals surface area contributed by atoms with Crippen LogP contribution in [0.1, 0.15) is 44.6 Å². The third kappa shape index (κ3) is 3.27. The first-order valence-electron chi connectivity index (χ1n) is 8.40. The summed E-state index contributed by atoms with van der Waals surface area (Å²) in [7, 11) is 0. The third-order valence-electron chi connectivity index (χ3n) is 4.86. The predicted octanol–water partition coefficient (Wildman–Crippen LogP) is 2.01. The first-order chi connectivity index (χ1) is 10.7. The number of carbonyl (C=O) groups excluding carboxylic acids is 1. The van der Waals surface area contributed by atoms with Crippen molar-refractivity contribution < 1.29 is 9.32 Å². The van der Waals surface area contributed by atoms with Crippen molar-refractivity contribution in [3.63, 3.8) is 0 Å². The fraction of sp³-hybridized carbons (Fsp3) is 0.750. The van der Waals surface area contributed by atoms with Crippen LogP contribution in [0.25, 0.3) is 0 Å². The largest absolute Gasteiger partial charge is 0.359 e. The molecule has 0 aliphatic carbocycles. The number of carbonyl (C=O) groups is 1. The highest BCUT2D eigenvalue weighted by atomic mass is 16.5. The van der Waals surface area contributed by atoms with Gasteiger partial charge in [0.2, 0.25) is 0 Å². The van der Waals surface area contributed by atoms with E-state index in [1.807, 2.05) is 17.9 Å². The van der Waals surface area contributed by atoms with Crippen molar-refractivity contribution in [2.75, 3.05) is 19.6 Å². The van der Waals surface area contributed by atoms with Gasteiger partial charge in [0.1, 0.15) is 0 Å². The Morgan fingerprint density at radius 2 is 2.27 bits per heavy atom. The summed E-state index contributed by atoms with van der Waals surface area (Å²) in [6, 6.07) is 3.09. The Balaban J connectivity index is 1.41. The van der Waals surface area contributed by atoms with Crippen molar-refractivity contribution in [2.24, 2.45) is 0 Å². The van der Waals surface area contributed by atoms with Gasteiger partial charge in [0.25, 0.3) is 0 Å². The maximum Gasteiger partial charge on any atom is 0.317 e. The lowest BCUT2D eigenvalue weighted by atomic mass is 9.98. The van der Waals surface area contributed by atoms with Gasteiger partial charge < -0.3 is 14.7 Å². The van der Waals surface area contributed by atoms with E-state index in [-0.39, 0.29) is 6.03 Å². The molecule has 122 valence electrons. The molecule has 6 nitrogen and oxygen atoms in total. The second-order valence-electron chi connectivity index (χ2n) is 6.44. The molecule has 0 aromatic carbocycles. The highest BCUT2D eigenvalue weighted by Crippen LogP contribution is 2.24. The average molecular weight is 306 g/mol. The van der Waals surface area contributed by atoms with Crippen molar-refractivity contribution in [3.8, 4) is 0 Å². The number of piperidine rings is 1. The molecule has 0 radical (unpaired) electrons. The van der Waals surface area contributed by atoms with Gasteiger partial charge in [-0.05, 0) is 32.7 Å². The van der Waals surface area contributed by atoms with Crippen molar-refractivity contribution in [2.45, 2.75) is 58.2 Å². The number of nitrogens with zero attached hydrogens (tertiary/aromatic N) is 3. The van der Waals surface area contributed by atoms with E-state index in [4.69, 9.17) is 4.52 Å². The van der Waals surface area contributed by atoms with E-state index in [1.54, 1.807) is 0 Å². The average Bonchev–Trinajstić information content (AvgIpc) is 2.93. The molecule has 1 aromatic heterocycles. The van der Waals surface area contributed by atoms with Crippen LogP contribution in [0, 0.1) is 0 Å². The van der Waals surface area contributed by atoms with Gasteiger partial charge in [-0.25, -0.2) is 4.79 Å². The summed E-state index contributed by atoms with van der Waals surface area (Å²) >= 11 is 0. The normalized spacial score (nSPS) is 23.4. The van der Waals surface area contributed by atoms with Gasteiger partial charge in [-0.1, -0.05) is 18.5 Å². The molecule has 0 bridgehead atoms. The summed E-state index contributed by atoms with van der Waals surface area (Å²) in [5, 5.41) is 6.83. The maximum atomic E-state index is 12.1. The summed E-state index contributed by atoms with van der Waals surface area (Å²) in [5.41, 5.74) is 0.923. The summed E-state index contributed by atoms with van der Waals surface area (Å²) < 4.78 is 5.18. The molecule has 1 atom stereocenters. The zero-order valence-electron chi connectivity index (χ0n) is 13.5.